The van der Waals surface area contributed by atoms with Crippen molar-refractivity contribution in [2.45, 2.75) is 46.2 Å². The maximum atomic E-state index is 10.8. The summed E-state index contributed by atoms with van der Waals surface area (Å²) in [4.78, 5) is 10.5. The Bertz CT molecular complexity index is 414. The molecule has 1 rings (SSSR count). The molecule has 4 heteroatoms. The second kappa shape index (κ2) is 5.27. The molecule has 0 aromatic heterocycles. The van der Waals surface area contributed by atoms with Crippen molar-refractivity contribution in [3.63, 3.8) is 0 Å². The zero-order valence-electron chi connectivity index (χ0n) is 10.9. The molecule has 1 N–H and O–H groups in total. The van der Waals surface area contributed by atoms with Crippen LogP contribution in [0.3, 0.4) is 0 Å². The van der Waals surface area contributed by atoms with Gasteiger partial charge in [-0.2, -0.15) is 0 Å². The number of nitrogens with one attached hydrogen (secondary N) is 1. The van der Waals surface area contributed by atoms with E-state index in [4.69, 9.17) is 0 Å². The SMILES string of the molecule is CCC(C)(C)NCc1ccc(C)c([N+](=O)[O-])c1. The van der Waals surface area contributed by atoms with E-state index in [2.05, 4.69) is 26.1 Å². The molecule has 0 amide bonds. The fourth-order valence-electron chi connectivity index (χ4n) is 1.43. The molecule has 0 saturated carbocycles. The summed E-state index contributed by atoms with van der Waals surface area (Å²) < 4.78 is 0. The number of nitro benzene ring substituents is 1. The third-order valence-electron chi connectivity index (χ3n) is 3.13. The Kier molecular flexibility index (Phi) is 4.23. The van der Waals surface area contributed by atoms with E-state index < -0.39 is 0 Å². The second-order valence-electron chi connectivity index (χ2n) is 4.97. The first-order valence-corrected chi connectivity index (χ1v) is 5.84. The van der Waals surface area contributed by atoms with E-state index >= 15 is 0 Å². The summed E-state index contributed by atoms with van der Waals surface area (Å²) in [7, 11) is 0. The van der Waals surface area contributed by atoms with Gasteiger partial charge in [0.25, 0.3) is 5.69 Å². The molecule has 0 aliphatic heterocycles. The topological polar surface area (TPSA) is 55.2 Å². The van der Waals surface area contributed by atoms with Crippen LogP contribution < -0.4 is 5.32 Å². The van der Waals surface area contributed by atoms with Gasteiger partial charge < -0.3 is 5.32 Å². The number of aryl methyl sites for hydroxylation is 1. The van der Waals surface area contributed by atoms with Crippen molar-refractivity contribution in [1.29, 1.82) is 0 Å². The minimum Gasteiger partial charge on any atom is -0.308 e. The second-order valence-corrected chi connectivity index (χ2v) is 4.97. The summed E-state index contributed by atoms with van der Waals surface area (Å²) in [5.74, 6) is 0. The van der Waals surface area contributed by atoms with Crippen LogP contribution >= 0.6 is 0 Å². The smallest absolute Gasteiger partial charge is 0.272 e. The number of hydrogen-bond donors (Lipinski definition) is 1. The normalized spacial score (nSPS) is 11.5. The highest BCUT2D eigenvalue weighted by Crippen LogP contribution is 2.19. The van der Waals surface area contributed by atoms with Gasteiger partial charge in [0.2, 0.25) is 0 Å². The van der Waals surface area contributed by atoms with Crippen molar-refractivity contribution in [1.82, 2.24) is 5.32 Å². The van der Waals surface area contributed by atoms with E-state index in [-0.39, 0.29) is 16.1 Å². The average molecular weight is 236 g/mol. The van der Waals surface area contributed by atoms with Gasteiger partial charge in [-0.1, -0.05) is 19.1 Å². The molecule has 1 aromatic rings. The van der Waals surface area contributed by atoms with Gasteiger partial charge in [-0.05, 0) is 32.8 Å². The van der Waals surface area contributed by atoms with Gasteiger partial charge in [-0.15, -0.1) is 0 Å². The number of rotatable bonds is 5. The lowest BCUT2D eigenvalue weighted by Gasteiger charge is -2.24. The highest BCUT2D eigenvalue weighted by Gasteiger charge is 2.15. The van der Waals surface area contributed by atoms with Crippen molar-refractivity contribution in [3.05, 3.63) is 39.4 Å². The van der Waals surface area contributed by atoms with Gasteiger partial charge >= 0.3 is 0 Å². The van der Waals surface area contributed by atoms with Crippen LogP contribution in [0.5, 0.6) is 0 Å². The standard InChI is InChI=1S/C13H20N2O2/c1-5-13(3,4)14-9-11-7-6-10(2)12(8-11)15(16)17/h6-8,14H,5,9H2,1-4H3. The summed E-state index contributed by atoms with van der Waals surface area (Å²) in [6.07, 6.45) is 1.01. The Morgan fingerprint density at radius 1 is 1.41 bits per heavy atom. The van der Waals surface area contributed by atoms with Crippen LogP contribution in [0, 0.1) is 17.0 Å². The van der Waals surface area contributed by atoms with E-state index in [1.54, 1.807) is 19.1 Å². The van der Waals surface area contributed by atoms with Crippen LogP contribution in [0.4, 0.5) is 5.69 Å². The predicted molar refractivity (Wildman–Crippen MR) is 69.0 cm³/mol. The molecule has 4 nitrogen and oxygen atoms in total. The molecule has 0 radical (unpaired) electrons. The molecule has 0 fully saturated rings. The third-order valence-corrected chi connectivity index (χ3v) is 3.13. The quantitative estimate of drug-likeness (QED) is 0.631. The molecule has 0 saturated heterocycles. The van der Waals surface area contributed by atoms with E-state index in [0.717, 1.165) is 12.0 Å². The summed E-state index contributed by atoms with van der Waals surface area (Å²) in [5, 5.41) is 14.2. The lowest BCUT2D eigenvalue weighted by Crippen LogP contribution is -2.37. The van der Waals surface area contributed by atoms with Gasteiger partial charge in [0, 0.05) is 23.7 Å². The maximum absolute atomic E-state index is 10.8. The molecule has 0 spiro atoms. The van der Waals surface area contributed by atoms with Gasteiger partial charge in [0.15, 0.2) is 0 Å². The van der Waals surface area contributed by atoms with E-state index in [9.17, 15) is 10.1 Å². The lowest BCUT2D eigenvalue weighted by molar-refractivity contribution is -0.385. The van der Waals surface area contributed by atoms with Gasteiger partial charge in [-0.3, -0.25) is 10.1 Å². The Morgan fingerprint density at radius 3 is 2.59 bits per heavy atom. The van der Waals surface area contributed by atoms with Crippen LogP contribution in [0.1, 0.15) is 38.3 Å². The highest BCUT2D eigenvalue weighted by atomic mass is 16.6. The lowest BCUT2D eigenvalue weighted by atomic mass is 10.0. The van der Waals surface area contributed by atoms with Crippen molar-refractivity contribution < 1.29 is 4.92 Å². The maximum Gasteiger partial charge on any atom is 0.272 e. The first-order chi connectivity index (χ1) is 7.85. The monoisotopic (exact) mass is 236 g/mol. The fraction of sp³-hybridized carbons (Fsp3) is 0.538. The van der Waals surface area contributed by atoms with Crippen molar-refractivity contribution in [2.24, 2.45) is 0 Å². The number of nitro groups is 1. The average Bonchev–Trinajstić information content (AvgIpc) is 2.27. The summed E-state index contributed by atoms with van der Waals surface area (Å²) in [6.45, 7) is 8.77. The third kappa shape index (κ3) is 3.82. The first kappa shape index (κ1) is 13.6. The minimum atomic E-state index is -0.330. The van der Waals surface area contributed by atoms with Crippen molar-refractivity contribution in [2.75, 3.05) is 0 Å². The molecule has 0 aliphatic rings. The van der Waals surface area contributed by atoms with Crippen LogP contribution in [0.15, 0.2) is 18.2 Å². The van der Waals surface area contributed by atoms with Crippen molar-refractivity contribution >= 4 is 5.69 Å². The molecule has 0 aliphatic carbocycles. The summed E-state index contributed by atoms with van der Waals surface area (Å²) >= 11 is 0. The van der Waals surface area contributed by atoms with Crippen LogP contribution in [0.2, 0.25) is 0 Å². The molecule has 94 valence electrons. The molecular formula is C13H20N2O2. The predicted octanol–water partition coefficient (Wildman–Crippen LogP) is 3.18. The molecular weight excluding hydrogens is 216 g/mol. The van der Waals surface area contributed by atoms with Crippen LogP contribution in [0.25, 0.3) is 0 Å². The van der Waals surface area contributed by atoms with Crippen LogP contribution in [-0.2, 0) is 6.54 Å². The Balaban J connectivity index is 2.80. The number of benzene rings is 1. The molecule has 0 atom stereocenters. The highest BCUT2D eigenvalue weighted by molar-refractivity contribution is 5.42. The Labute approximate surface area is 102 Å². The Morgan fingerprint density at radius 2 is 2.06 bits per heavy atom. The minimum absolute atomic E-state index is 0.0552. The number of hydrogen-bond acceptors (Lipinski definition) is 3. The van der Waals surface area contributed by atoms with Gasteiger partial charge in [0.05, 0.1) is 4.92 Å². The number of nitrogens with zero attached hydrogens (tertiary/aromatic N) is 1. The van der Waals surface area contributed by atoms with Crippen LogP contribution in [-0.4, -0.2) is 10.5 Å². The fourth-order valence-corrected chi connectivity index (χ4v) is 1.43. The zero-order valence-corrected chi connectivity index (χ0v) is 10.9. The van der Waals surface area contributed by atoms with E-state index in [1.165, 1.54) is 0 Å². The molecule has 0 unspecified atom stereocenters. The molecule has 17 heavy (non-hydrogen) atoms. The first-order valence-electron chi connectivity index (χ1n) is 5.84. The van der Waals surface area contributed by atoms with Gasteiger partial charge in [0.1, 0.15) is 0 Å². The molecule has 0 bridgehead atoms. The summed E-state index contributed by atoms with van der Waals surface area (Å²) in [6, 6.07) is 5.38. The molecule has 0 heterocycles. The van der Waals surface area contributed by atoms with E-state index in [1.807, 2.05) is 6.07 Å². The largest absolute Gasteiger partial charge is 0.308 e. The summed E-state index contributed by atoms with van der Waals surface area (Å²) in [5.41, 5.74) is 1.90. The van der Waals surface area contributed by atoms with Crippen molar-refractivity contribution in [3.8, 4) is 0 Å². The Hall–Kier alpha value is -1.42. The van der Waals surface area contributed by atoms with Gasteiger partial charge in [-0.25, -0.2) is 0 Å². The van der Waals surface area contributed by atoms with E-state index in [0.29, 0.717) is 12.1 Å². The molecule has 1 aromatic carbocycles. The zero-order chi connectivity index (χ0) is 13.1.